The number of carbonyl (C=O) groups excluding carboxylic acids is 2. The normalized spacial score (nSPS) is 9.75. The van der Waals surface area contributed by atoms with Crippen molar-refractivity contribution in [2.45, 2.75) is 13.8 Å². The van der Waals surface area contributed by atoms with Crippen molar-refractivity contribution in [3.05, 3.63) is 24.3 Å². The van der Waals surface area contributed by atoms with E-state index in [0.29, 0.717) is 0 Å². The van der Waals surface area contributed by atoms with Crippen molar-refractivity contribution in [2.24, 2.45) is 0 Å². The number of hydrogen-bond donors (Lipinski definition) is 0. The number of benzene rings is 1. The number of rotatable bonds is 2. The van der Waals surface area contributed by atoms with E-state index >= 15 is 0 Å². The molecule has 1 aromatic carbocycles. The summed E-state index contributed by atoms with van der Waals surface area (Å²) in [5.41, 5.74) is 1.46. The number of anilines is 2. The molecule has 0 aliphatic carbocycles. The fraction of sp³-hybridized carbons (Fsp3) is 0.333. The van der Waals surface area contributed by atoms with Gasteiger partial charge in [0, 0.05) is 27.9 Å². The Labute approximate surface area is 95.5 Å². The first kappa shape index (κ1) is 12.2. The van der Waals surface area contributed by atoms with Gasteiger partial charge in [-0.1, -0.05) is 12.1 Å². The van der Waals surface area contributed by atoms with E-state index in [-0.39, 0.29) is 11.8 Å². The number of nitrogens with zero attached hydrogens (tertiary/aromatic N) is 2. The SMILES string of the molecule is CC(=O)N(C)c1ccccc1N(C)C(C)=O. The minimum atomic E-state index is -0.0654. The molecule has 2 amide bonds. The van der Waals surface area contributed by atoms with Gasteiger partial charge in [0.05, 0.1) is 11.4 Å². The second-order valence-corrected chi connectivity index (χ2v) is 3.64. The molecule has 16 heavy (non-hydrogen) atoms. The molecule has 1 rings (SSSR count). The molecule has 0 heterocycles. The van der Waals surface area contributed by atoms with E-state index in [9.17, 15) is 9.59 Å². The van der Waals surface area contributed by atoms with Crippen LogP contribution in [0, 0.1) is 0 Å². The summed E-state index contributed by atoms with van der Waals surface area (Å²) in [4.78, 5) is 25.7. The van der Waals surface area contributed by atoms with Gasteiger partial charge in [0.2, 0.25) is 11.8 Å². The van der Waals surface area contributed by atoms with Gasteiger partial charge in [0.25, 0.3) is 0 Å². The molecule has 0 aliphatic heterocycles. The summed E-state index contributed by atoms with van der Waals surface area (Å²) in [6.45, 7) is 2.98. The van der Waals surface area contributed by atoms with Crippen LogP contribution >= 0.6 is 0 Å². The minimum absolute atomic E-state index is 0.0654. The molecule has 0 spiro atoms. The van der Waals surface area contributed by atoms with Gasteiger partial charge in [-0.25, -0.2) is 0 Å². The maximum Gasteiger partial charge on any atom is 0.223 e. The first-order valence-corrected chi connectivity index (χ1v) is 5.02. The van der Waals surface area contributed by atoms with Crippen LogP contribution in [-0.2, 0) is 9.59 Å². The standard InChI is InChI=1S/C12H16N2O2/c1-9(15)13(3)11-7-5-6-8-12(11)14(4)10(2)16/h5-8H,1-4H3. The highest BCUT2D eigenvalue weighted by molar-refractivity contribution is 6.00. The summed E-state index contributed by atoms with van der Waals surface area (Å²) in [6, 6.07) is 7.31. The van der Waals surface area contributed by atoms with Gasteiger partial charge in [0.15, 0.2) is 0 Å². The molecule has 86 valence electrons. The maximum atomic E-state index is 11.3. The molecule has 0 saturated carbocycles. The molecular formula is C12H16N2O2. The Morgan fingerprint density at radius 1 is 0.875 bits per heavy atom. The highest BCUT2D eigenvalue weighted by atomic mass is 16.2. The van der Waals surface area contributed by atoms with Crippen molar-refractivity contribution in [2.75, 3.05) is 23.9 Å². The van der Waals surface area contributed by atoms with Gasteiger partial charge in [-0.2, -0.15) is 0 Å². The fourth-order valence-electron chi connectivity index (χ4n) is 1.37. The average Bonchev–Trinajstić information content (AvgIpc) is 2.26. The van der Waals surface area contributed by atoms with Gasteiger partial charge in [-0.15, -0.1) is 0 Å². The lowest BCUT2D eigenvalue weighted by Gasteiger charge is -2.24. The Hall–Kier alpha value is -1.84. The van der Waals surface area contributed by atoms with E-state index in [1.165, 1.54) is 23.6 Å². The molecule has 0 bridgehead atoms. The Kier molecular flexibility index (Phi) is 3.66. The Balaban J connectivity index is 3.19. The van der Waals surface area contributed by atoms with Crippen molar-refractivity contribution in [1.82, 2.24) is 0 Å². The van der Waals surface area contributed by atoms with Crippen LogP contribution in [0.1, 0.15) is 13.8 Å². The van der Waals surface area contributed by atoms with Crippen LogP contribution in [0.15, 0.2) is 24.3 Å². The third-order valence-corrected chi connectivity index (χ3v) is 2.55. The van der Waals surface area contributed by atoms with Crippen LogP contribution in [0.25, 0.3) is 0 Å². The number of carbonyl (C=O) groups is 2. The van der Waals surface area contributed by atoms with Crippen molar-refractivity contribution >= 4 is 23.2 Å². The molecule has 0 aromatic heterocycles. The molecule has 0 fully saturated rings. The molecule has 0 N–H and O–H groups in total. The van der Waals surface area contributed by atoms with Crippen LogP contribution in [0.2, 0.25) is 0 Å². The zero-order chi connectivity index (χ0) is 12.3. The van der Waals surface area contributed by atoms with Crippen LogP contribution in [0.3, 0.4) is 0 Å². The molecule has 0 aliphatic rings. The topological polar surface area (TPSA) is 40.6 Å². The first-order valence-electron chi connectivity index (χ1n) is 5.02. The lowest BCUT2D eigenvalue weighted by atomic mass is 10.2. The molecule has 0 radical (unpaired) electrons. The first-order chi connectivity index (χ1) is 7.45. The lowest BCUT2D eigenvalue weighted by molar-refractivity contribution is -0.117. The third kappa shape index (κ3) is 2.39. The Morgan fingerprint density at radius 2 is 1.19 bits per heavy atom. The highest BCUT2D eigenvalue weighted by Gasteiger charge is 2.14. The number of amides is 2. The second-order valence-electron chi connectivity index (χ2n) is 3.64. The highest BCUT2D eigenvalue weighted by Crippen LogP contribution is 2.27. The quantitative estimate of drug-likeness (QED) is 0.760. The average molecular weight is 220 g/mol. The Morgan fingerprint density at radius 3 is 1.44 bits per heavy atom. The van der Waals surface area contributed by atoms with Crippen molar-refractivity contribution < 1.29 is 9.59 Å². The Bertz CT molecular complexity index is 376. The van der Waals surface area contributed by atoms with Crippen molar-refractivity contribution in [3.8, 4) is 0 Å². The van der Waals surface area contributed by atoms with Crippen LogP contribution in [-0.4, -0.2) is 25.9 Å². The molecule has 4 heteroatoms. The summed E-state index contributed by atoms with van der Waals surface area (Å²) in [6.07, 6.45) is 0. The summed E-state index contributed by atoms with van der Waals surface area (Å²) < 4.78 is 0. The number of para-hydroxylation sites is 2. The van der Waals surface area contributed by atoms with Crippen LogP contribution in [0.4, 0.5) is 11.4 Å². The summed E-state index contributed by atoms with van der Waals surface area (Å²) >= 11 is 0. The van der Waals surface area contributed by atoms with E-state index in [0.717, 1.165) is 11.4 Å². The monoisotopic (exact) mass is 220 g/mol. The van der Waals surface area contributed by atoms with E-state index in [4.69, 9.17) is 0 Å². The maximum absolute atomic E-state index is 11.3. The predicted octanol–water partition coefficient (Wildman–Crippen LogP) is 1.65. The predicted molar refractivity (Wildman–Crippen MR) is 64.6 cm³/mol. The molecule has 1 aromatic rings. The molecule has 4 nitrogen and oxygen atoms in total. The van der Waals surface area contributed by atoms with Crippen LogP contribution in [0.5, 0.6) is 0 Å². The molecular weight excluding hydrogens is 204 g/mol. The van der Waals surface area contributed by atoms with E-state index in [1.807, 2.05) is 24.3 Å². The van der Waals surface area contributed by atoms with Gasteiger partial charge in [-0.3, -0.25) is 9.59 Å². The van der Waals surface area contributed by atoms with Crippen LogP contribution < -0.4 is 9.80 Å². The molecule has 0 unspecified atom stereocenters. The fourth-order valence-corrected chi connectivity index (χ4v) is 1.37. The van der Waals surface area contributed by atoms with E-state index < -0.39 is 0 Å². The largest absolute Gasteiger partial charge is 0.314 e. The zero-order valence-corrected chi connectivity index (χ0v) is 10.0. The third-order valence-electron chi connectivity index (χ3n) is 2.55. The zero-order valence-electron chi connectivity index (χ0n) is 10.0. The lowest BCUT2D eigenvalue weighted by Crippen LogP contribution is -2.28. The molecule has 0 atom stereocenters. The van der Waals surface area contributed by atoms with Gasteiger partial charge in [0.1, 0.15) is 0 Å². The van der Waals surface area contributed by atoms with E-state index in [1.54, 1.807) is 14.1 Å². The van der Waals surface area contributed by atoms with Gasteiger partial charge >= 0.3 is 0 Å². The smallest absolute Gasteiger partial charge is 0.223 e. The van der Waals surface area contributed by atoms with Gasteiger partial charge in [-0.05, 0) is 12.1 Å². The van der Waals surface area contributed by atoms with Gasteiger partial charge < -0.3 is 9.80 Å². The second kappa shape index (κ2) is 4.79. The van der Waals surface area contributed by atoms with E-state index in [2.05, 4.69) is 0 Å². The number of hydrogen-bond acceptors (Lipinski definition) is 2. The van der Waals surface area contributed by atoms with Crippen molar-refractivity contribution in [3.63, 3.8) is 0 Å². The van der Waals surface area contributed by atoms with Crippen molar-refractivity contribution in [1.29, 1.82) is 0 Å². The molecule has 0 saturated heterocycles. The minimum Gasteiger partial charge on any atom is -0.314 e. The summed E-state index contributed by atoms with van der Waals surface area (Å²) in [5, 5.41) is 0. The summed E-state index contributed by atoms with van der Waals surface area (Å²) in [7, 11) is 3.38. The summed E-state index contributed by atoms with van der Waals surface area (Å²) in [5.74, 6) is -0.131.